The fourth-order valence-electron chi connectivity index (χ4n) is 4.23. The van der Waals surface area contributed by atoms with Crippen molar-refractivity contribution in [3.63, 3.8) is 0 Å². The van der Waals surface area contributed by atoms with Gasteiger partial charge in [0.15, 0.2) is 0 Å². The molecule has 0 aliphatic rings. The highest BCUT2D eigenvalue weighted by Crippen LogP contribution is 2.37. The molecule has 0 saturated carbocycles. The first-order chi connectivity index (χ1) is 15.5. The van der Waals surface area contributed by atoms with Crippen molar-refractivity contribution in [2.24, 2.45) is 0 Å². The van der Waals surface area contributed by atoms with Crippen molar-refractivity contribution in [1.29, 1.82) is 0 Å². The molecule has 2 nitrogen and oxygen atoms in total. The van der Waals surface area contributed by atoms with E-state index in [0.717, 1.165) is 11.3 Å². The first-order valence-electron chi connectivity index (χ1n) is 11.0. The molecule has 0 N–H and O–H groups in total. The molecular formula is C30H26N2. The Kier molecular flexibility index (Phi) is 5.07. The van der Waals surface area contributed by atoms with E-state index in [2.05, 4.69) is 97.5 Å². The molecule has 0 atom stereocenters. The Morgan fingerprint density at radius 2 is 1.31 bits per heavy atom. The molecule has 0 aliphatic carbocycles. The maximum atomic E-state index is 4.52. The Balaban J connectivity index is 1.66. The summed E-state index contributed by atoms with van der Waals surface area (Å²) in [6.45, 7) is 6.76. The Labute approximate surface area is 189 Å². The van der Waals surface area contributed by atoms with Gasteiger partial charge in [-0.2, -0.15) is 0 Å². The lowest BCUT2D eigenvalue weighted by Crippen LogP contribution is -2.10. The van der Waals surface area contributed by atoms with Crippen LogP contribution in [-0.4, -0.2) is 9.97 Å². The van der Waals surface area contributed by atoms with Crippen LogP contribution in [-0.2, 0) is 5.41 Å². The van der Waals surface area contributed by atoms with Crippen LogP contribution in [0.1, 0.15) is 26.3 Å². The third-order valence-electron chi connectivity index (χ3n) is 5.99. The lowest BCUT2D eigenvalue weighted by atomic mass is 9.84. The zero-order chi connectivity index (χ0) is 22.1. The highest BCUT2D eigenvalue weighted by Gasteiger charge is 2.16. The fourth-order valence-corrected chi connectivity index (χ4v) is 4.23. The summed E-state index contributed by atoms with van der Waals surface area (Å²) in [5, 5.41) is 2.37. The average molecular weight is 415 g/mol. The van der Waals surface area contributed by atoms with Crippen molar-refractivity contribution in [1.82, 2.24) is 9.97 Å². The van der Waals surface area contributed by atoms with E-state index < -0.39 is 0 Å². The number of hydrogen-bond donors (Lipinski definition) is 0. The summed E-state index contributed by atoms with van der Waals surface area (Å²) in [5.41, 5.74) is 8.36. The van der Waals surface area contributed by atoms with E-state index in [1.54, 1.807) is 0 Å². The van der Waals surface area contributed by atoms with E-state index in [-0.39, 0.29) is 5.41 Å². The molecule has 0 fully saturated rings. The van der Waals surface area contributed by atoms with Crippen LogP contribution in [0.25, 0.3) is 44.3 Å². The van der Waals surface area contributed by atoms with Gasteiger partial charge in [-0.3, -0.25) is 9.97 Å². The summed E-state index contributed by atoms with van der Waals surface area (Å²) in [6.07, 6.45) is 5.70. The second kappa shape index (κ2) is 8.05. The summed E-state index contributed by atoms with van der Waals surface area (Å²) in [5.74, 6) is 0. The maximum Gasteiger partial charge on any atom is 0.0702 e. The monoisotopic (exact) mass is 414 g/mol. The van der Waals surface area contributed by atoms with Gasteiger partial charge in [-0.05, 0) is 62.9 Å². The van der Waals surface area contributed by atoms with Crippen molar-refractivity contribution in [2.45, 2.75) is 26.2 Å². The topological polar surface area (TPSA) is 25.8 Å². The van der Waals surface area contributed by atoms with Gasteiger partial charge in [0, 0.05) is 29.5 Å². The van der Waals surface area contributed by atoms with Crippen molar-refractivity contribution in [2.75, 3.05) is 0 Å². The Morgan fingerprint density at radius 3 is 2.06 bits per heavy atom. The SMILES string of the molecule is CC(C)(C)c1cccc(-c2ccc(-c3cccc(-c4ccccn4)c3)c3ccncc23)c1. The first kappa shape index (κ1) is 20.1. The average Bonchev–Trinajstić information content (AvgIpc) is 2.83. The van der Waals surface area contributed by atoms with Crippen molar-refractivity contribution in [3.05, 3.63) is 109 Å². The molecule has 156 valence electrons. The van der Waals surface area contributed by atoms with Gasteiger partial charge in [0.1, 0.15) is 0 Å². The van der Waals surface area contributed by atoms with Crippen LogP contribution >= 0.6 is 0 Å². The minimum atomic E-state index is 0.107. The van der Waals surface area contributed by atoms with Crippen LogP contribution in [0.3, 0.4) is 0 Å². The quantitative estimate of drug-likeness (QED) is 0.299. The summed E-state index contributed by atoms with van der Waals surface area (Å²) in [4.78, 5) is 8.98. The number of hydrogen-bond acceptors (Lipinski definition) is 2. The molecular weight excluding hydrogens is 388 g/mol. The normalized spacial score (nSPS) is 11.6. The van der Waals surface area contributed by atoms with Crippen LogP contribution in [0, 0.1) is 0 Å². The van der Waals surface area contributed by atoms with E-state index in [4.69, 9.17) is 0 Å². The standard InChI is InChI=1S/C30H26N2/c1-30(2,3)24-11-7-9-22(19-24)26-14-13-25(27-15-17-31-20-28(26)27)21-8-6-10-23(18-21)29-12-4-5-16-32-29/h4-20H,1-3H3. The molecule has 5 aromatic rings. The second-order valence-corrected chi connectivity index (χ2v) is 9.21. The highest BCUT2D eigenvalue weighted by molar-refractivity contribution is 6.04. The Bertz CT molecular complexity index is 1400. The van der Waals surface area contributed by atoms with E-state index >= 15 is 0 Å². The molecule has 2 aromatic heterocycles. The molecule has 0 saturated heterocycles. The van der Waals surface area contributed by atoms with E-state index in [9.17, 15) is 0 Å². The molecule has 2 heteroatoms. The number of rotatable bonds is 3. The van der Waals surface area contributed by atoms with E-state index in [1.165, 1.54) is 38.6 Å². The van der Waals surface area contributed by atoms with Crippen LogP contribution in [0.2, 0.25) is 0 Å². The number of aromatic nitrogens is 2. The Morgan fingerprint density at radius 1 is 0.594 bits per heavy atom. The Hall–Kier alpha value is -3.78. The van der Waals surface area contributed by atoms with Gasteiger partial charge in [0.05, 0.1) is 5.69 Å². The molecule has 0 spiro atoms. The highest BCUT2D eigenvalue weighted by atomic mass is 14.7. The number of fused-ring (bicyclic) bond motifs is 1. The van der Waals surface area contributed by atoms with Crippen LogP contribution in [0.15, 0.2) is 104 Å². The molecule has 0 bridgehead atoms. The zero-order valence-electron chi connectivity index (χ0n) is 18.7. The third-order valence-corrected chi connectivity index (χ3v) is 5.99. The number of pyridine rings is 2. The molecule has 0 unspecified atom stereocenters. The summed E-state index contributed by atoms with van der Waals surface area (Å²) >= 11 is 0. The molecule has 0 aliphatic heterocycles. The molecule has 0 radical (unpaired) electrons. The molecule has 2 heterocycles. The van der Waals surface area contributed by atoms with Gasteiger partial charge in [0.2, 0.25) is 0 Å². The van der Waals surface area contributed by atoms with Gasteiger partial charge < -0.3 is 0 Å². The van der Waals surface area contributed by atoms with Gasteiger partial charge >= 0.3 is 0 Å². The van der Waals surface area contributed by atoms with Crippen LogP contribution in [0.5, 0.6) is 0 Å². The molecule has 5 rings (SSSR count). The van der Waals surface area contributed by atoms with Crippen LogP contribution in [0.4, 0.5) is 0 Å². The van der Waals surface area contributed by atoms with Gasteiger partial charge in [-0.25, -0.2) is 0 Å². The summed E-state index contributed by atoms with van der Waals surface area (Å²) in [6, 6.07) is 30.1. The van der Waals surface area contributed by atoms with E-state index in [1.807, 2.05) is 36.8 Å². The molecule has 0 amide bonds. The summed E-state index contributed by atoms with van der Waals surface area (Å²) < 4.78 is 0. The van der Waals surface area contributed by atoms with Crippen LogP contribution < -0.4 is 0 Å². The first-order valence-corrected chi connectivity index (χ1v) is 11.0. The van der Waals surface area contributed by atoms with Crippen molar-refractivity contribution < 1.29 is 0 Å². The van der Waals surface area contributed by atoms with Crippen molar-refractivity contribution >= 4 is 10.8 Å². The minimum absolute atomic E-state index is 0.107. The second-order valence-electron chi connectivity index (χ2n) is 9.21. The largest absolute Gasteiger partial charge is 0.264 e. The van der Waals surface area contributed by atoms with Gasteiger partial charge in [0.25, 0.3) is 0 Å². The minimum Gasteiger partial charge on any atom is -0.264 e. The summed E-state index contributed by atoms with van der Waals surface area (Å²) in [7, 11) is 0. The van der Waals surface area contributed by atoms with Gasteiger partial charge in [-0.1, -0.05) is 81.4 Å². The third kappa shape index (κ3) is 3.80. The van der Waals surface area contributed by atoms with E-state index in [0.29, 0.717) is 0 Å². The fraction of sp³-hybridized carbons (Fsp3) is 0.133. The van der Waals surface area contributed by atoms with Crippen molar-refractivity contribution in [3.8, 4) is 33.5 Å². The lowest BCUT2D eigenvalue weighted by molar-refractivity contribution is 0.590. The molecule has 32 heavy (non-hydrogen) atoms. The zero-order valence-corrected chi connectivity index (χ0v) is 18.7. The number of benzene rings is 3. The maximum absolute atomic E-state index is 4.52. The lowest BCUT2D eigenvalue weighted by Gasteiger charge is -2.20. The predicted octanol–water partition coefficient (Wildman–Crippen LogP) is 7.93. The molecule has 3 aromatic carbocycles. The number of nitrogens with zero attached hydrogens (tertiary/aromatic N) is 2. The van der Waals surface area contributed by atoms with Gasteiger partial charge in [-0.15, -0.1) is 0 Å². The predicted molar refractivity (Wildman–Crippen MR) is 135 cm³/mol. The smallest absolute Gasteiger partial charge is 0.0702 e.